The lowest BCUT2D eigenvalue weighted by molar-refractivity contribution is -0.143. The number of hydrogen-bond donors (Lipinski definition) is 0. The number of amides is 1. The minimum absolute atomic E-state index is 0.00378. The van der Waals surface area contributed by atoms with Gasteiger partial charge < -0.3 is 9.64 Å². The van der Waals surface area contributed by atoms with Crippen molar-refractivity contribution in [1.29, 1.82) is 0 Å². The monoisotopic (exact) mass is 271 g/mol. The molecular weight excluding hydrogens is 254 g/mol. The molecule has 1 amide bonds. The molecule has 0 bridgehead atoms. The Morgan fingerprint density at radius 1 is 1.40 bits per heavy atom. The van der Waals surface area contributed by atoms with Crippen LogP contribution in [0.3, 0.4) is 0 Å². The average molecular weight is 271 g/mol. The van der Waals surface area contributed by atoms with Crippen molar-refractivity contribution in [2.24, 2.45) is 0 Å². The number of benzene rings is 1. The van der Waals surface area contributed by atoms with Crippen LogP contribution in [0.5, 0.6) is 0 Å². The smallest absolute Gasteiger partial charge is 0.252 e. The summed E-state index contributed by atoms with van der Waals surface area (Å²) in [4.78, 5) is 25.6. The van der Waals surface area contributed by atoms with E-state index in [1.54, 1.807) is 11.0 Å². The highest BCUT2D eigenvalue weighted by Crippen LogP contribution is 2.31. The van der Waals surface area contributed by atoms with Gasteiger partial charge in [-0.15, -0.1) is 6.58 Å². The first-order valence-electron chi connectivity index (χ1n) is 6.85. The second-order valence-corrected chi connectivity index (χ2v) is 5.20. The van der Waals surface area contributed by atoms with E-state index in [-0.39, 0.29) is 30.8 Å². The molecule has 4 heteroatoms. The Kier molecular flexibility index (Phi) is 3.40. The highest BCUT2D eigenvalue weighted by Gasteiger charge is 2.36. The van der Waals surface area contributed by atoms with Crippen LogP contribution in [0.25, 0.3) is 0 Å². The summed E-state index contributed by atoms with van der Waals surface area (Å²) in [6.45, 7) is 4.55. The largest absolute Gasteiger partial charge is 0.360 e. The van der Waals surface area contributed by atoms with Crippen LogP contribution in [-0.4, -0.2) is 35.8 Å². The van der Waals surface area contributed by atoms with Crippen molar-refractivity contribution >= 4 is 11.7 Å². The molecule has 2 aliphatic heterocycles. The number of carbonyl (C=O) groups excluding carboxylic acids is 2. The lowest BCUT2D eigenvalue weighted by Gasteiger charge is -2.36. The summed E-state index contributed by atoms with van der Waals surface area (Å²) in [6.07, 6.45) is 2.19. The topological polar surface area (TPSA) is 46.6 Å². The molecule has 1 aromatic carbocycles. The van der Waals surface area contributed by atoms with Crippen LogP contribution >= 0.6 is 0 Å². The first-order valence-corrected chi connectivity index (χ1v) is 6.85. The molecule has 1 fully saturated rings. The Bertz CT molecular complexity index is 567. The van der Waals surface area contributed by atoms with Crippen LogP contribution in [0.1, 0.15) is 23.6 Å². The van der Waals surface area contributed by atoms with Crippen molar-refractivity contribution < 1.29 is 14.3 Å². The lowest BCUT2D eigenvalue weighted by atomic mass is 9.92. The molecule has 0 unspecified atom stereocenters. The molecule has 1 aromatic rings. The third-order valence-electron chi connectivity index (χ3n) is 3.97. The summed E-state index contributed by atoms with van der Waals surface area (Å²) in [6, 6.07) is 7.96. The van der Waals surface area contributed by atoms with Crippen molar-refractivity contribution in [2.45, 2.75) is 25.0 Å². The molecule has 0 spiro atoms. The minimum atomic E-state index is -0.616. The highest BCUT2D eigenvalue weighted by atomic mass is 16.5. The summed E-state index contributed by atoms with van der Waals surface area (Å²) in [5, 5.41) is 0. The fraction of sp³-hybridized carbons (Fsp3) is 0.375. The van der Waals surface area contributed by atoms with Crippen molar-refractivity contribution in [3.63, 3.8) is 0 Å². The Hall–Kier alpha value is -1.94. The molecule has 104 valence electrons. The maximum atomic E-state index is 12.5. The number of ether oxygens (including phenoxy) is 1. The van der Waals surface area contributed by atoms with Crippen LogP contribution < -0.4 is 0 Å². The molecule has 20 heavy (non-hydrogen) atoms. The van der Waals surface area contributed by atoms with E-state index in [2.05, 4.69) is 12.6 Å². The average Bonchev–Trinajstić information content (AvgIpc) is 2.91. The van der Waals surface area contributed by atoms with E-state index in [1.165, 1.54) is 5.56 Å². The van der Waals surface area contributed by atoms with E-state index in [0.29, 0.717) is 6.54 Å². The Balaban J connectivity index is 1.86. The van der Waals surface area contributed by atoms with E-state index >= 15 is 0 Å². The van der Waals surface area contributed by atoms with E-state index < -0.39 is 6.10 Å². The fourth-order valence-electron chi connectivity index (χ4n) is 2.96. The molecule has 0 aliphatic carbocycles. The number of Topliss-reactive ketones (excluding diaryl/α,β-unsaturated/α-hetero) is 1. The number of rotatable bonds is 2. The maximum Gasteiger partial charge on any atom is 0.252 e. The molecule has 1 saturated heterocycles. The zero-order valence-electron chi connectivity index (χ0n) is 11.2. The zero-order valence-corrected chi connectivity index (χ0v) is 11.2. The molecule has 0 N–H and O–H groups in total. The molecule has 0 radical (unpaired) electrons. The Morgan fingerprint density at radius 3 is 2.90 bits per heavy atom. The fourth-order valence-corrected chi connectivity index (χ4v) is 2.96. The van der Waals surface area contributed by atoms with Gasteiger partial charge in [-0.1, -0.05) is 30.3 Å². The van der Waals surface area contributed by atoms with E-state index in [4.69, 9.17) is 4.74 Å². The highest BCUT2D eigenvalue weighted by molar-refractivity contribution is 5.92. The number of fused-ring (bicyclic) bond motifs is 1. The van der Waals surface area contributed by atoms with Gasteiger partial charge in [0.2, 0.25) is 0 Å². The van der Waals surface area contributed by atoms with E-state index in [9.17, 15) is 9.59 Å². The Labute approximate surface area is 118 Å². The van der Waals surface area contributed by atoms with Crippen LogP contribution in [-0.2, 0) is 20.7 Å². The number of hydrogen-bond acceptors (Lipinski definition) is 3. The van der Waals surface area contributed by atoms with Crippen LogP contribution in [0, 0.1) is 0 Å². The SMILES string of the molecule is C=C[C@H]1c2ccccc2CCN1C(=O)[C@H]1CC(=O)CO1. The standard InChI is InChI=1S/C16H17NO3/c1-2-14-13-6-4-3-5-11(13)7-8-17(14)16(19)15-9-12(18)10-20-15/h2-6,14-15H,1,7-10H2/t14-,15+/m0/s1. The van der Waals surface area contributed by atoms with Gasteiger partial charge in [0.25, 0.3) is 5.91 Å². The molecular formula is C16H17NO3. The van der Waals surface area contributed by atoms with Gasteiger partial charge >= 0.3 is 0 Å². The molecule has 2 atom stereocenters. The van der Waals surface area contributed by atoms with Gasteiger partial charge in [-0.3, -0.25) is 9.59 Å². The van der Waals surface area contributed by atoms with E-state index in [1.807, 2.05) is 18.2 Å². The molecule has 4 nitrogen and oxygen atoms in total. The van der Waals surface area contributed by atoms with Crippen molar-refractivity contribution in [2.75, 3.05) is 13.2 Å². The molecule has 0 aromatic heterocycles. The van der Waals surface area contributed by atoms with Gasteiger partial charge in [0.05, 0.1) is 6.04 Å². The van der Waals surface area contributed by atoms with Gasteiger partial charge in [-0.25, -0.2) is 0 Å². The molecule has 2 aliphatic rings. The predicted molar refractivity (Wildman–Crippen MR) is 74.2 cm³/mol. The second-order valence-electron chi connectivity index (χ2n) is 5.20. The lowest BCUT2D eigenvalue weighted by Crippen LogP contribution is -2.44. The van der Waals surface area contributed by atoms with Crippen LogP contribution in [0.2, 0.25) is 0 Å². The normalized spacial score (nSPS) is 25.4. The first-order chi connectivity index (χ1) is 9.70. The zero-order chi connectivity index (χ0) is 14.1. The Morgan fingerprint density at radius 2 is 2.20 bits per heavy atom. The molecule has 0 saturated carbocycles. The van der Waals surface area contributed by atoms with Crippen molar-refractivity contribution in [3.8, 4) is 0 Å². The maximum absolute atomic E-state index is 12.5. The summed E-state index contributed by atoms with van der Waals surface area (Å²) < 4.78 is 5.29. The minimum Gasteiger partial charge on any atom is -0.360 e. The number of ketones is 1. The van der Waals surface area contributed by atoms with Crippen LogP contribution in [0.15, 0.2) is 36.9 Å². The number of carbonyl (C=O) groups is 2. The summed E-state index contributed by atoms with van der Waals surface area (Å²) >= 11 is 0. The van der Waals surface area contributed by atoms with E-state index in [0.717, 1.165) is 12.0 Å². The van der Waals surface area contributed by atoms with Gasteiger partial charge in [0.15, 0.2) is 5.78 Å². The van der Waals surface area contributed by atoms with Gasteiger partial charge in [0, 0.05) is 13.0 Å². The van der Waals surface area contributed by atoms with Crippen LogP contribution in [0.4, 0.5) is 0 Å². The summed E-state index contributed by atoms with van der Waals surface area (Å²) in [7, 11) is 0. The third kappa shape index (κ3) is 2.16. The third-order valence-corrected chi connectivity index (χ3v) is 3.97. The number of nitrogens with zero attached hydrogens (tertiary/aromatic N) is 1. The van der Waals surface area contributed by atoms with Gasteiger partial charge in [-0.2, -0.15) is 0 Å². The summed E-state index contributed by atoms with van der Waals surface area (Å²) in [5.41, 5.74) is 2.37. The summed E-state index contributed by atoms with van der Waals surface area (Å²) in [5.74, 6) is -0.105. The van der Waals surface area contributed by atoms with Gasteiger partial charge in [0.1, 0.15) is 12.7 Å². The van der Waals surface area contributed by atoms with Gasteiger partial charge in [-0.05, 0) is 17.5 Å². The van der Waals surface area contributed by atoms with Crippen molar-refractivity contribution in [3.05, 3.63) is 48.0 Å². The quantitative estimate of drug-likeness (QED) is 0.768. The van der Waals surface area contributed by atoms with Crippen molar-refractivity contribution in [1.82, 2.24) is 4.90 Å². The molecule has 2 heterocycles. The predicted octanol–water partition coefficient (Wildman–Crippen LogP) is 1.66. The second kappa shape index (κ2) is 5.21. The first kappa shape index (κ1) is 13.1. The molecule has 3 rings (SSSR count).